The number of benzene rings is 1. The van der Waals surface area contributed by atoms with Gasteiger partial charge >= 0.3 is 0 Å². The Morgan fingerprint density at radius 3 is 2.95 bits per heavy atom. The quantitative estimate of drug-likeness (QED) is 0.630. The van der Waals surface area contributed by atoms with Crippen molar-refractivity contribution in [2.45, 2.75) is 6.42 Å². The standard InChI is InChI=1S/C14H14N4O/c15-17-13-11(5-3-8-16-13)14(19)18-9-7-10-4-1-2-6-12(10)18/h1-6,8H,7,9,15H2,(H,16,17). The third kappa shape index (κ3) is 1.94. The van der Waals surface area contributed by atoms with E-state index < -0.39 is 0 Å². The highest BCUT2D eigenvalue weighted by atomic mass is 16.2. The molecule has 0 saturated carbocycles. The van der Waals surface area contributed by atoms with Crippen LogP contribution in [0.5, 0.6) is 0 Å². The van der Waals surface area contributed by atoms with E-state index in [2.05, 4.69) is 10.4 Å². The number of anilines is 2. The number of para-hydroxylation sites is 1. The molecular formula is C14H14N4O. The number of carbonyl (C=O) groups excluding carboxylic acids is 1. The molecule has 1 aliphatic heterocycles. The first-order valence-corrected chi connectivity index (χ1v) is 6.12. The van der Waals surface area contributed by atoms with Crippen LogP contribution < -0.4 is 16.2 Å². The van der Waals surface area contributed by atoms with Gasteiger partial charge in [-0.05, 0) is 30.2 Å². The minimum atomic E-state index is -0.0778. The van der Waals surface area contributed by atoms with Gasteiger partial charge < -0.3 is 10.3 Å². The second-order valence-corrected chi connectivity index (χ2v) is 4.38. The number of carbonyl (C=O) groups is 1. The normalized spacial score (nSPS) is 13.2. The Kier molecular flexibility index (Phi) is 2.89. The maximum Gasteiger partial charge on any atom is 0.262 e. The predicted octanol–water partition coefficient (Wildman–Crippen LogP) is 1.57. The van der Waals surface area contributed by atoms with Gasteiger partial charge in [0, 0.05) is 18.4 Å². The lowest BCUT2D eigenvalue weighted by Gasteiger charge is -2.18. The third-order valence-electron chi connectivity index (χ3n) is 3.31. The number of fused-ring (bicyclic) bond motifs is 1. The van der Waals surface area contributed by atoms with Crippen LogP contribution in [0.3, 0.4) is 0 Å². The largest absolute Gasteiger partial charge is 0.308 e. The SMILES string of the molecule is NNc1ncccc1C(=O)N1CCc2ccccc21. The molecule has 0 unspecified atom stereocenters. The van der Waals surface area contributed by atoms with E-state index in [1.807, 2.05) is 24.3 Å². The number of nitrogens with two attached hydrogens (primary N) is 1. The van der Waals surface area contributed by atoms with E-state index in [0.29, 0.717) is 17.9 Å². The molecule has 0 fully saturated rings. The smallest absolute Gasteiger partial charge is 0.262 e. The number of amides is 1. The van der Waals surface area contributed by atoms with E-state index in [4.69, 9.17) is 5.84 Å². The minimum Gasteiger partial charge on any atom is -0.308 e. The molecule has 5 heteroatoms. The molecular weight excluding hydrogens is 240 g/mol. The van der Waals surface area contributed by atoms with Gasteiger partial charge in [0.05, 0.1) is 5.56 Å². The van der Waals surface area contributed by atoms with Crippen LogP contribution in [-0.2, 0) is 6.42 Å². The molecule has 1 aromatic carbocycles. The van der Waals surface area contributed by atoms with Crippen molar-refractivity contribution in [2.75, 3.05) is 16.9 Å². The van der Waals surface area contributed by atoms with E-state index in [0.717, 1.165) is 12.1 Å². The van der Waals surface area contributed by atoms with Crippen LogP contribution in [0.15, 0.2) is 42.6 Å². The number of nitrogens with one attached hydrogen (secondary N) is 1. The highest BCUT2D eigenvalue weighted by Gasteiger charge is 2.26. The van der Waals surface area contributed by atoms with Gasteiger partial charge in [-0.25, -0.2) is 10.8 Å². The van der Waals surface area contributed by atoms with E-state index in [9.17, 15) is 4.79 Å². The zero-order valence-corrected chi connectivity index (χ0v) is 10.3. The lowest BCUT2D eigenvalue weighted by molar-refractivity contribution is 0.0990. The number of pyridine rings is 1. The van der Waals surface area contributed by atoms with Crippen molar-refractivity contribution in [1.29, 1.82) is 0 Å². The summed E-state index contributed by atoms with van der Waals surface area (Å²) in [6.07, 6.45) is 2.48. The number of aromatic nitrogens is 1. The fourth-order valence-electron chi connectivity index (χ4n) is 2.39. The second-order valence-electron chi connectivity index (χ2n) is 4.38. The first-order valence-electron chi connectivity index (χ1n) is 6.12. The van der Waals surface area contributed by atoms with Gasteiger partial charge in [0.25, 0.3) is 5.91 Å². The number of nitrogens with zero attached hydrogens (tertiary/aromatic N) is 2. The minimum absolute atomic E-state index is 0.0778. The fourth-order valence-corrected chi connectivity index (χ4v) is 2.39. The van der Waals surface area contributed by atoms with Crippen LogP contribution in [0.4, 0.5) is 11.5 Å². The zero-order chi connectivity index (χ0) is 13.2. The number of hydrazine groups is 1. The summed E-state index contributed by atoms with van der Waals surface area (Å²) < 4.78 is 0. The summed E-state index contributed by atoms with van der Waals surface area (Å²) in [5, 5.41) is 0. The maximum absolute atomic E-state index is 12.6. The molecule has 19 heavy (non-hydrogen) atoms. The van der Waals surface area contributed by atoms with Crippen LogP contribution in [0, 0.1) is 0 Å². The third-order valence-corrected chi connectivity index (χ3v) is 3.31. The van der Waals surface area contributed by atoms with Crippen molar-refractivity contribution in [3.8, 4) is 0 Å². The Morgan fingerprint density at radius 2 is 2.11 bits per heavy atom. The van der Waals surface area contributed by atoms with Crippen LogP contribution in [0.1, 0.15) is 15.9 Å². The molecule has 0 atom stereocenters. The highest BCUT2D eigenvalue weighted by molar-refractivity contribution is 6.10. The van der Waals surface area contributed by atoms with Gasteiger partial charge in [-0.2, -0.15) is 0 Å². The summed E-state index contributed by atoms with van der Waals surface area (Å²) in [6, 6.07) is 11.4. The Morgan fingerprint density at radius 1 is 1.26 bits per heavy atom. The maximum atomic E-state index is 12.6. The highest BCUT2D eigenvalue weighted by Crippen LogP contribution is 2.29. The van der Waals surface area contributed by atoms with Crippen molar-refractivity contribution in [1.82, 2.24) is 4.98 Å². The number of hydrogen-bond donors (Lipinski definition) is 2. The molecule has 1 aromatic heterocycles. The summed E-state index contributed by atoms with van der Waals surface area (Å²) in [5.74, 6) is 5.72. The van der Waals surface area contributed by atoms with Crippen molar-refractivity contribution in [3.05, 3.63) is 53.7 Å². The summed E-state index contributed by atoms with van der Waals surface area (Å²) in [4.78, 5) is 18.4. The second kappa shape index (κ2) is 4.70. The predicted molar refractivity (Wildman–Crippen MR) is 73.9 cm³/mol. The van der Waals surface area contributed by atoms with Gasteiger partial charge in [-0.15, -0.1) is 0 Å². The van der Waals surface area contributed by atoms with Gasteiger partial charge in [-0.3, -0.25) is 4.79 Å². The summed E-state index contributed by atoms with van der Waals surface area (Å²) in [6.45, 7) is 0.692. The fraction of sp³-hybridized carbons (Fsp3) is 0.143. The molecule has 0 spiro atoms. The van der Waals surface area contributed by atoms with Crippen LogP contribution in [-0.4, -0.2) is 17.4 Å². The Balaban J connectivity index is 1.98. The van der Waals surface area contributed by atoms with Crippen molar-refractivity contribution < 1.29 is 4.79 Å². The molecule has 0 radical (unpaired) electrons. The van der Waals surface area contributed by atoms with E-state index in [1.165, 1.54) is 5.56 Å². The van der Waals surface area contributed by atoms with E-state index in [1.54, 1.807) is 23.2 Å². The Labute approximate surface area is 111 Å². The molecule has 2 aromatic rings. The topological polar surface area (TPSA) is 71.2 Å². The van der Waals surface area contributed by atoms with Gasteiger partial charge in [-0.1, -0.05) is 18.2 Å². The molecule has 0 aliphatic carbocycles. The first-order chi connectivity index (χ1) is 9.31. The molecule has 2 heterocycles. The molecule has 3 rings (SSSR count). The Bertz CT molecular complexity index is 626. The summed E-state index contributed by atoms with van der Waals surface area (Å²) in [5.41, 5.74) is 5.12. The van der Waals surface area contributed by atoms with Gasteiger partial charge in [0.1, 0.15) is 0 Å². The van der Waals surface area contributed by atoms with Crippen LogP contribution >= 0.6 is 0 Å². The van der Waals surface area contributed by atoms with Crippen molar-refractivity contribution in [2.24, 2.45) is 5.84 Å². The molecule has 1 aliphatic rings. The summed E-state index contributed by atoms with van der Waals surface area (Å²) in [7, 11) is 0. The number of nitrogen functional groups attached to an aromatic ring is 1. The van der Waals surface area contributed by atoms with Crippen molar-refractivity contribution in [3.63, 3.8) is 0 Å². The lowest BCUT2D eigenvalue weighted by atomic mass is 10.1. The molecule has 1 amide bonds. The van der Waals surface area contributed by atoms with Gasteiger partial charge in [0.2, 0.25) is 0 Å². The average Bonchev–Trinajstić information content (AvgIpc) is 2.90. The number of hydrogen-bond acceptors (Lipinski definition) is 4. The van der Waals surface area contributed by atoms with E-state index >= 15 is 0 Å². The van der Waals surface area contributed by atoms with E-state index in [-0.39, 0.29) is 5.91 Å². The molecule has 5 nitrogen and oxygen atoms in total. The molecule has 0 saturated heterocycles. The van der Waals surface area contributed by atoms with Gasteiger partial charge in [0.15, 0.2) is 5.82 Å². The monoisotopic (exact) mass is 254 g/mol. The molecule has 0 bridgehead atoms. The Hall–Kier alpha value is -2.40. The lowest BCUT2D eigenvalue weighted by Crippen LogP contribution is -2.30. The average molecular weight is 254 g/mol. The molecule has 3 N–H and O–H groups in total. The summed E-state index contributed by atoms with van der Waals surface area (Å²) >= 11 is 0. The van der Waals surface area contributed by atoms with Crippen molar-refractivity contribution >= 4 is 17.4 Å². The molecule has 96 valence electrons. The zero-order valence-electron chi connectivity index (χ0n) is 10.3. The van der Waals surface area contributed by atoms with Crippen LogP contribution in [0.25, 0.3) is 0 Å². The van der Waals surface area contributed by atoms with Crippen LogP contribution in [0.2, 0.25) is 0 Å². The first kappa shape index (κ1) is 11.7. The number of rotatable bonds is 2.